The highest BCUT2D eigenvalue weighted by Crippen LogP contribution is 2.37. The molecule has 37 heavy (non-hydrogen) atoms. The standard InChI is InChI=1S/C30H31N3O4/c1-4-37-30(36)28-21(3)33(27(34)16-26(28)24-12-10-20(2)11-13-24)19-22-7-5-9-25(15-22)29(35)32-18-23-8-6-14-31-17-23/h5-15,17,26H,4,16,18-19H2,1-3H3,(H,32,35). The summed E-state index contributed by atoms with van der Waals surface area (Å²) in [4.78, 5) is 44.8. The van der Waals surface area contributed by atoms with Gasteiger partial charge in [-0.1, -0.05) is 48.0 Å². The fraction of sp³-hybridized carbons (Fsp3) is 0.267. The molecule has 1 unspecified atom stereocenters. The number of aromatic nitrogens is 1. The maximum absolute atomic E-state index is 13.3. The zero-order valence-electron chi connectivity index (χ0n) is 21.4. The van der Waals surface area contributed by atoms with Crippen LogP contribution < -0.4 is 5.32 Å². The zero-order valence-corrected chi connectivity index (χ0v) is 21.4. The zero-order chi connectivity index (χ0) is 26.4. The Morgan fingerprint density at radius 1 is 1.05 bits per heavy atom. The molecule has 1 N–H and O–H groups in total. The van der Waals surface area contributed by atoms with Crippen LogP contribution in [0.25, 0.3) is 0 Å². The van der Waals surface area contributed by atoms with Crippen LogP contribution in [0.3, 0.4) is 0 Å². The number of esters is 1. The second kappa shape index (κ2) is 11.6. The van der Waals surface area contributed by atoms with Gasteiger partial charge < -0.3 is 15.0 Å². The number of nitrogens with one attached hydrogen (secondary N) is 1. The Balaban J connectivity index is 1.57. The third-order valence-corrected chi connectivity index (χ3v) is 6.50. The molecule has 0 saturated carbocycles. The van der Waals surface area contributed by atoms with Crippen LogP contribution in [0.2, 0.25) is 0 Å². The van der Waals surface area contributed by atoms with Crippen LogP contribution >= 0.6 is 0 Å². The van der Waals surface area contributed by atoms with Crippen molar-refractivity contribution < 1.29 is 19.1 Å². The molecular weight excluding hydrogens is 466 g/mol. The minimum Gasteiger partial charge on any atom is -0.463 e. The van der Waals surface area contributed by atoms with Crippen LogP contribution in [-0.4, -0.2) is 34.3 Å². The van der Waals surface area contributed by atoms with Crippen LogP contribution in [0, 0.1) is 6.92 Å². The van der Waals surface area contributed by atoms with E-state index >= 15 is 0 Å². The fourth-order valence-electron chi connectivity index (χ4n) is 4.54. The Morgan fingerprint density at radius 2 is 1.81 bits per heavy atom. The monoisotopic (exact) mass is 497 g/mol. The summed E-state index contributed by atoms with van der Waals surface area (Å²) in [6.45, 7) is 6.42. The van der Waals surface area contributed by atoms with E-state index in [1.807, 2.05) is 49.4 Å². The van der Waals surface area contributed by atoms with Crippen molar-refractivity contribution in [3.05, 3.63) is 112 Å². The van der Waals surface area contributed by atoms with Gasteiger partial charge in [0.05, 0.1) is 18.7 Å². The summed E-state index contributed by atoms with van der Waals surface area (Å²) < 4.78 is 5.38. The van der Waals surface area contributed by atoms with Crippen LogP contribution in [0.5, 0.6) is 0 Å². The van der Waals surface area contributed by atoms with Gasteiger partial charge in [0.1, 0.15) is 0 Å². The van der Waals surface area contributed by atoms with Crippen molar-refractivity contribution in [1.29, 1.82) is 0 Å². The lowest BCUT2D eigenvalue weighted by atomic mass is 9.83. The molecule has 4 rings (SSSR count). The van der Waals surface area contributed by atoms with E-state index in [1.54, 1.807) is 49.3 Å². The quantitative estimate of drug-likeness (QED) is 0.457. The summed E-state index contributed by atoms with van der Waals surface area (Å²) >= 11 is 0. The Bertz CT molecular complexity index is 1320. The summed E-state index contributed by atoms with van der Waals surface area (Å²) in [6, 6.07) is 18.8. The van der Waals surface area contributed by atoms with Gasteiger partial charge in [-0.05, 0) is 55.7 Å². The summed E-state index contributed by atoms with van der Waals surface area (Å²) in [5, 5.41) is 2.90. The molecule has 2 amide bonds. The maximum atomic E-state index is 13.3. The van der Waals surface area contributed by atoms with Crippen molar-refractivity contribution in [2.24, 2.45) is 0 Å². The molecule has 7 nitrogen and oxygen atoms in total. The van der Waals surface area contributed by atoms with Crippen molar-refractivity contribution in [2.45, 2.75) is 46.2 Å². The van der Waals surface area contributed by atoms with E-state index in [-0.39, 0.29) is 37.3 Å². The smallest absolute Gasteiger partial charge is 0.336 e. The molecule has 1 aliphatic heterocycles. The first-order chi connectivity index (χ1) is 17.9. The Hall–Kier alpha value is -4.26. The van der Waals surface area contributed by atoms with Crippen molar-refractivity contribution in [2.75, 3.05) is 6.61 Å². The molecule has 190 valence electrons. The van der Waals surface area contributed by atoms with Gasteiger partial charge in [-0.2, -0.15) is 0 Å². The second-order valence-electron chi connectivity index (χ2n) is 9.11. The highest BCUT2D eigenvalue weighted by Gasteiger charge is 2.36. The average molecular weight is 498 g/mol. The van der Waals surface area contributed by atoms with Gasteiger partial charge in [0.25, 0.3) is 5.91 Å². The van der Waals surface area contributed by atoms with Crippen molar-refractivity contribution >= 4 is 17.8 Å². The van der Waals surface area contributed by atoms with Crippen molar-refractivity contribution in [3.8, 4) is 0 Å². The van der Waals surface area contributed by atoms with Crippen LogP contribution in [0.15, 0.2) is 84.3 Å². The molecule has 0 spiro atoms. The lowest BCUT2D eigenvalue weighted by Gasteiger charge is -2.34. The maximum Gasteiger partial charge on any atom is 0.336 e. The normalized spacial score (nSPS) is 15.5. The van der Waals surface area contributed by atoms with E-state index < -0.39 is 5.97 Å². The predicted octanol–water partition coefficient (Wildman–Crippen LogP) is 4.67. The van der Waals surface area contributed by atoms with Gasteiger partial charge in [0, 0.05) is 42.5 Å². The van der Waals surface area contributed by atoms with Crippen LogP contribution in [0.1, 0.15) is 58.8 Å². The second-order valence-corrected chi connectivity index (χ2v) is 9.11. The molecule has 1 aromatic heterocycles. The van der Waals surface area contributed by atoms with E-state index in [1.165, 1.54) is 0 Å². The Kier molecular flexibility index (Phi) is 8.13. The van der Waals surface area contributed by atoms with Gasteiger partial charge >= 0.3 is 5.97 Å². The molecule has 1 aliphatic rings. The van der Waals surface area contributed by atoms with Gasteiger partial charge in [0.15, 0.2) is 0 Å². The molecule has 0 fully saturated rings. The number of carbonyl (C=O) groups is 3. The summed E-state index contributed by atoms with van der Waals surface area (Å²) in [7, 11) is 0. The number of ether oxygens (including phenoxy) is 1. The number of rotatable bonds is 8. The topological polar surface area (TPSA) is 88.6 Å². The van der Waals surface area contributed by atoms with E-state index in [2.05, 4.69) is 10.3 Å². The molecule has 3 aromatic rings. The number of pyridine rings is 1. The van der Waals surface area contributed by atoms with Gasteiger partial charge in [-0.15, -0.1) is 0 Å². The van der Waals surface area contributed by atoms with Crippen molar-refractivity contribution in [3.63, 3.8) is 0 Å². The summed E-state index contributed by atoms with van der Waals surface area (Å²) in [5.41, 5.74) is 5.28. The highest BCUT2D eigenvalue weighted by molar-refractivity contribution is 5.96. The van der Waals surface area contributed by atoms with Crippen molar-refractivity contribution in [1.82, 2.24) is 15.2 Å². The first-order valence-electron chi connectivity index (χ1n) is 12.4. The first kappa shape index (κ1) is 25.8. The number of amides is 2. The van der Waals surface area contributed by atoms with E-state index in [0.717, 1.165) is 22.3 Å². The molecule has 2 aromatic carbocycles. The van der Waals surface area contributed by atoms with E-state index in [4.69, 9.17) is 4.74 Å². The molecule has 7 heteroatoms. The van der Waals surface area contributed by atoms with Gasteiger partial charge in [0.2, 0.25) is 5.91 Å². The number of benzene rings is 2. The Labute approximate surface area is 217 Å². The number of hydrogen-bond acceptors (Lipinski definition) is 5. The Morgan fingerprint density at radius 3 is 2.51 bits per heavy atom. The highest BCUT2D eigenvalue weighted by atomic mass is 16.5. The average Bonchev–Trinajstić information content (AvgIpc) is 2.90. The van der Waals surface area contributed by atoms with Gasteiger partial charge in [-0.3, -0.25) is 14.6 Å². The van der Waals surface area contributed by atoms with E-state index in [0.29, 0.717) is 23.4 Å². The lowest BCUT2D eigenvalue weighted by Crippen LogP contribution is -2.38. The molecule has 0 aliphatic carbocycles. The molecular formula is C30H31N3O4. The number of carbonyl (C=O) groups excluding carboxylic acids is 3. The fourth-order valence-corrected chi connectivity index (χ4v) is 4.54. The third kappa shape index (κ3) is 6.12. The van der Waals surface area contributed by atoms with E-state index in [9.17, 15) is 14.4 Å². The predicted molar refractivity (Wildman–Crippen MR) is 140 cm³/mol. The largest absolute Gasteiger partial charge is 0.463 e. The lowest BCUT2D eigenvalue weighted by molar-refractivity contribution is -0.140. The molecule has 1 atom stereocenters. The SMILES string of the molecule is CCOC(=O)C1=C(C)N(Cc2cccc(C(=O)NCc3cccnc3)c2)C(=O)CC1c1ccc(C)cc1. The van der Waals surface area contributed by atoms with Gasteiger partial charge in [-0.25, -0.2) is 4.79 Å². The van der Waals surface area contributed by atoms with Crippen LogP contribution in [0.4, 0.5) is 0 Å². The minimum absolute atomic E-state index is 0.0810. The molecule has 2 heterocycles. The van der Waals surface area contributed by atoms with Crippen LogP contribution in [-0.2, 0) is 27.4 Å². The summed E-state index contributed by atoms with van der Waals surface area (Å²) in [5.74, 6) is -1.07. The third-order valence-electron chi connectivity index (χ3n) is 6.50. The number of aryl methyl sites for hydroxylation is 1. The summed E-state index contributed by atoms with van der Waals surface area (Å²) in [6.07, 6.45) is 3.56. The molecule has 0 saturated heterocycles. The minimum atomic E-state index is -0.411. The number of hydrogen-bond donors (Lipinski definition) is 1. The number of nitrogens with zero attached hydrogens (tertiary/aromatic N) is 2. The molecule has 0 bridgehead atoms. The number of allylic oxidation sites excluding steroid dienone is 1. The molecule has 0 radical (unpaired) electrons. The first-order valence-corrected chi connectivity index (χ1v) is 12.4.